The molecule has 78 heavy (non-hydrogen) atoms. The van der Waals surface area contributed by atoms with Crippen LogP contribution in [-0.2, 0) is 38.3 Å². The van der Waals surface area contributed by atoms with E-state index in [1.807, 2.05) is 0 Å². The summed E-state index contributed by atoms with van der Waals surface area (Å²) in [4.78, 5) is 13.0. The summed E-state index contributed by atoms with van der Waals surface area (Å²) in [6.07, 6.45) is 62.0. The maximum Gasteiger partial charge on any atom is 0.397 e. The van der Waals surface area contributed by atoms with Crippen LogP contribution in [0.25, 0.3) is 0 Å². The Morgan fingerprint density at radius 2 is 0.846 bits per heavy atom. The first-order valence-electron chi connectivity index (χ1n) is 32.7. The monoisotopic (exact) mass is 1130 g/mol. The number of rotatable bonds is 59. The van der Waals surface area contributed by atoms with Gasteiger partial charge >= 0.3 is 16.4 Å². The van der Waals surface area contributed by atoms with Crippen LogP contribution in [-0.4, -0.2) is 97.5 Å². The fourth-order valence-electron chi connectivity index (χ4n) is 10.3. The molecular weight excluding hydrogens is 1000 g/mol. The van der Waals surface area contributed by atoms with E-state index in [1.165, 1.54) is 225 Å². The summed E-state index contributed by atoms with van der Waals surface area (Å²) in [5.74, 6) is -0.397. The molecule has 0 aliphatic carbocycles. The van der Waals surface area contributed by atoms with E-state index in [1.54, 1.807) is 0 Å². The predicted molar refractivity (Wildman–Crippen MR) is 322 cm³/mol. The minimum Gasteiger partial charge on any atom is -0.457 e. The zero-order valence-corrected chi connectivity index (χ0v) is 51.1. The fraction of sp³-hybridized carbons (Fsp3) is 0.892. The van der Waals surface area contributed by atoms with Crippen molar-refractivity contribution in [3.63, 3.8) is 0 Å². The highest BCUT2D eigenvalue weighted by Crippen LogP contribution is 2.26. The zero-order valence-electron chi connectivity index (χ0n) is 50.2. The minimum atomic E-state index is -5.07. The summed E-state index contributed by atoms with van der Waals surface area (Å²) in [6, 6.07) is 0. The first-order valence-corrected chi connectivity index (χ1v) is 34.1. The van der Waals surface area contributed by atoms with Crippen molar-refractivity contribution >= 4 is 16.4 Å². The lowest BCUT2D eigenvalue weighted by atomic mass is 9.99. The van der Waals surface area contributed by atoms with E-state index in [0.717, 1.165) is 57.8 Å². The third kappa shape index (κ3) is 47.9. The summed E-state index contributed by atoms with van der Waals surface area (Å²) < 4.78 is 59.6. The van der Waals surface area contributed by atoms with Crippen molar-refractivity contribution in [1.29, 1.82) is 0 Å². The van der Waals surface area contributed by atoms with E-state index in [4.69, 9.17) is 18.9 Å². The van der Waals surface area contributed by atoms with E-state index in [2.05, 4.69) is 54.5 Å². The predicted octanol–water partition coefficient (Wildman–Crippen LogP) is 17.2. The summed E-state index contributed by atoms with van der Waals surface area (Å²) in [5, 5.41) is 30.9. The minimum absolute atomic E-state index is 0.0386. The molecule has 460 valence electrons. The lowest BCUT2D eigenvalue weighted by molar-refractivity contribution is -0.301. The van der Waals surface area contributed by atoms with Crippen molar-refractivity contribution in [2.75, 3.05) is 26.4 Å². The molecule has 12 nitrogen and oxygen atoms in total. The summed E-state index contributed by atoms with van der Waals surface area (Å²) in [6.45, 7) is 4.05. The van der Waals surface area contributed by atoms with Crippen LogP contribution < -0.4 is 0 Å². The van der Waals surface area contributed by atoms with Crippen molar-refractivity contribution in [1.82, 2.24) is 0 Å². The molecule has 1 saturated heterocycles. The van der Waals surface area contributed by atoms with Gasteiger partial charge in [0.1, 0.15) is 30.5 Å². The van der Waals surface area contributed by atoms with E-state index >= 15 is 0 Å². The molecule has 0 saturated carbocycles. The van der Waals surface area contributed by atoms with Crippen LogP contribution in [0.4, 0.5) is 0 Å². The number of aliphatic hydroxyl groups is 3. The number of unbranched alkanes of at least 4 members (excludes halogenated alkanes) is 40. The van der Waals surface area contributed by atoms with E-state index < -0.39 is 59.8 Å². The maximum atomic E-state index is 13.0. The van der Waals surface area contributed by atoms with Gasteiger partial charge in [-0.1, -0.05) is 288 Å². The molecule has 0 bridgehead atoms. The topological polar surface area (TPSA) is 178 Å². The van der Waals surface area contributed by atoms with Crippen LogP contribution in [0, 0.1) is 0 Å². The van der Waals surface area contributed by atoms with E-state index in [0.29, 0.717) is 13.0 Å². The Bertz CT molecular complexity index is 1490. The number of ether oxygens (including phenoxy) is 4. The van der Waals surface area contributed by atoms with Gasteiger partial charge in [0.15, 0.2) is 6.29 Å². The van der Waals surface area contributed by atoms with Gasteiger partial charge in [0.25, 0.3) is 0 Å². The summed E-state index contributed by atoms with van der Waals surface area (Å²) >= 11 is 0. The fourth-order valence-corrected chi connectivity index (χ4v) is 10.8. The van der Waals surface area contributed by atoms with Gasteiger partial charge in [-0.3, -0.25) is 9.35 Å². The van der Waals surface area contributed by atoms with Gasteiger partial charge in [0.05, 0.1) is 19.8 Å². The molecule has 13 heteroatoms. The quantitative estimate of drug-likeness (QED) is 0.0196. The Morgan fingerprint density at radius 1 is 0.487 bits per heavy atom. The van der Waals surface area contributed by atoms with Crippen molar-refractivity contribution in [3.8, 4) is 0 Å². The second-order valence-electron chi connectivity index (χ2n) is 22.7. The number of hydrogen-bond donors (Lipinski definition) is 4. The third-order valence-electron chi connectivity index (χ3n) is 15.3. The lowest BCUT2D eigenvalue weighted by Gasteiger charge is -2.41. The molecule has 4 N–H and O–H groups in total. The largest absolute Gasteiger partial charge is 0.457 e. The van der Waals surface area contributed by atoms with Crippen molar-refractivity contribution in [3.05, 3.63) is 36.5 Å². The zero-order chi connectivity index (χ0) is 56.7. The van der Waals surface area contributed by atoms with E-state index in [-0.39, 0.29) is 19.6 Å². The molecule has 1 aliphatic rings. The highest BCUT2D eigenvalue weighted by atomic mass is 32.3. The molecule has 0 aromatic carbocycles. The number of esters is 1. The van der Waals surface area contributed by atoms with Gasteiger partial charge in [-0.15, -0.1) is 0 Å². The molecule has 0 radical (unpaired) electrons. The normalized spacial score (nSPS) is 18.6. The highest BCUT2D eigenvalue weighted by Gasteiger charge is 2.48. The third-order valence-corrected chi connectivity index (χ3v) is 15.7. The Kier molecular flexibility index (Phi) is 53.2. The van der Waals surface area contributed by atoms with Crippen LogP contribution in [0.3, 0.4) is 0 Å². The number of hydrogen-bond acceptors (Lipinski definition) is 11. The molecular formula is C65H122O12S. The van der Waals surface area contributed by atoms with Gasteiger partial charge in [0, 0.05) is 13.0 Å². The second-order valence-corrected chi connectivity index (χ2v) is 23.8. The van der Waals surface area contributed by atoms with Crippen LogP contribution in [0.1, 0.15) is 309 Å². The lowest BCUT2D eigenvalue weighted by Crippen LogP contribution is -2.60. The van der Waals surface area contributed by atoms with Crippen LogP contribution in [0.15, 0.2) is 36.5 Å². The molecule has 0 aromatic heterocycles. The van der Waals surface area contributed by atoms with Gasteiger partial charge in [-0.2, -0.15) is 8.42 Å². The van der Waals surface area contributed by atoms with Crippen LogP contribution in [0.2, 0.25) is 0 Å². The first-order chi connectivity index (χ1) is 38.1. The molecule has 1 aliphatic heterocycles. The van der Waals surface area contributed by atoms with Gasteiger partial charge in [0.2, 0.25) is 0 Å². The molecule has 0 aromatic rings. The van der Waals surface area contributed by atoms with Crippen molar-refractivity contribution in [2.24, 2.45) is 0 Å². The molecule has 0 spiro atoms. The molecule has 0 amide bonds. The van der Waals surface area contributed by atoms with Gasteiger partial charge in [-0.05, 0) is 51.4 Å². The Hall–Kier alpha value is -1.68. The standard InChI is InChI=1S/C65H122O12S/c1-3-5-7-9-11-13-15-17-19-21-23-25-27-29-31-33-35-37-39-41-43-45-47-49-51-53-55-73-57-59(58-74-65-63(69)64(77-78(70,71)72)62(68)60(56-66)76-65)75-61(67)54-52-50-48-46-44-42-40-38-36-34-32-30-28-26-24-22-20-18-16-14-12-10-8-6-4-2/h16,18,22,24,28,30,59-60,62-66,68-69H,3-15,17,19-21,23,25-27,29,31-58H2,1-2H3,(H,70,71,72)/b18-16-,24-22-,30-28-. The average Bonchev–Trinajstić information content (AvgIpc) is 3.46. The van der Waals surface area contributed by atoms with Crippen LogP contribution in [0.5, 0.6) is 0 Å². The van der Waals surface area contributed by atoms with Crippen molar-refractivity contribution < 1.29 is 56.2 Å². The average molecular weight is 1130 g/mol. The van der Waals surface area contributed by atoms with Crippen LogP contribution >= 0.6 is 0 Å². The number of carbonyl (C=O) groups excluding carboxylic acids is 1. The SMILES string of the molecule is CCCCCCC/C=C\C/C=C\C/C=C\CCCCCCCCCCCCC(=O)OC(COCCCCCCCCCCCCCCCCCCCCCCCCCCCC)COC1OC(CO)C(O)C(OS(=O)(=O)O)C1O. The number of aliphatic hydroxyl groups excluding tert-OH is 3. The Balaban J connectivity index is 2.23. The summed E-state index contributed by atoms with van der Waals surface area (Å²) in [5.41, 5.74) is 0. The molecule has 6 unspecified atom stereocenters. The maximum absolute atomic E-state index is 13.0. The molecule has 1 rings (SSSR count). The van der Waals surface area contributed by atoms with Gasteiger partial charge < -0.3 is 34.3 Å². The van der Waals surface area contributed by atoms with E-state index in [9.17, 15) is 33.1 Å². The number of carbonyl (C=O) groups is 1. The number of allylic oxidation sites excluding steroid dienone is 6. The van der Waals surface area contributed by atoms with Gasteiger partial charge in [-0.25, -0.2) is 4.18 Å². The summed E-state index contributed by atoms with van der Waals surface area (Å²) in [7, 11) is -5.07. The smallest absolute Gasteiger partial charge is 0.397 e. The molecule has 1 fully saturated rings. The highest BCUT2D eigenvalue weighted by molar-refractivity contribution is 7.80. The first kappa shape index (κ1) is 74.3. The Labute approximate surface area is 479 Å². The Morgan fingerprint density at radius 3 is 1.23 bits per heavy atom. The molecule has 6 atom stereocenters. The molecule has 1 heterocycles. The van der Waals surface area contributed by atoms with Crippen molar-refractivity contribution in [2.45, 2.75) is 346 Å². The second kappa shape index (κ2) is 55.8.